The predicted octanol–water partition coefficient (Wildman–Crippen LogP) is 4.45. The van der Waals surface area contributed by atoms with Crippen LogP contribution >= 0.6 is 23.2 Å². The summed E-state index contributed by atoms with van der Waals surface area (Å²) >= 11 is 11.9. The fraction of sp³-hybridized carbons (Fsp3) is 0. The summed E-state index contributed by atoms with van der Waals surface area (Å²) in [4.78, 5) is 22.7. The molecule has 8 heteroatoms. The third-order valence-corrected chi connectivity index (χ3v) is 3.63. The highest BCUT2D eigenvalue weighted by Crippen LogP contribution is 2.30. The van der Waals surface area contributed by atoms with Gasteiger partial charge in [0.2, 0.25) is 0 Å². The van der Waals surface area contributed by atoms with Gasteiger partial charge in [0.25, 0.3) is 11.6 Å². The molecule has 0 fully saturated rings. The van der Waals surface area contributed by atoms with Crippen LogP contribution in [0.4, 0.5) is 11.4 Å². The van der Waals surface area contributed by atoms with Crippen molar-refractivity contribution in [2.45, 2.75) is 0 Å². The molecule has 2 rings (SSSR count). The van der Waals surface area contributed by atoms with E-state index in [9.17, 15) is 20.2 Å². The Morgan fingerprint density at radius 3 is 2.38 bits per heavy atom. The molecule has 0 unspecified atom stereocenters. The topological polar surface area (TPSA) is 96.0 Å². The first-order valence-corrected chi connectivity index (χ1v) is 7.30. The van der Waals surface area contributed by atoms with Crippen molar-refractivity contribution in [1.29, 1.82) is 5.26 Å². The van der Waals surface area contributed by atoms with Gasteiger partial charge in [-0.3, -0.25) is 14.9 Å². The highest BCUT2D eigenvalue weighted by atomic mass is 35.5. The Balaban J connectivity index is 2.37. The van der Waals surface area contributed by atoms with E-state index in [1.165, 1.54) is 30.3 Å². The number of para-hydroxylation sites is 2. The number of benzene rings is 2. The molecule has 0 radical (unpaired) electrons. The highest BCUT2D eigenvalue weighted by molar-refractivity contribution is 6.40. The molecule has 24 heavy (non-hydrogen) atoms. The first kappa shape index (κ1) is 17.5. The SMILES string of the molecule is N#C/C(=C\c1ccccc1[N+](=O)[O-])C(=O)Nc1c(Cl)cccc1Cl. The zero-order chi connectivity index (χ0) is 17.7. The number of hydrogen-bond acceptors (Lipinski definition) is 4. The smallest absolute Gasteiger partial charge is 0.276 e. The third-order valence-electron chi connectivity index (χ3n) is 3.00. The Hall–Kier alpha value is -2.88. The van der Waals surface area contributed by atoms with E-state index in [-0.39, 0.29) is 32.6 Å². The van der Waals surface area contributed by atoms with E-state index in [2.05, 4.69) is 5.32 Å². The Bertz CT molecular complexity index is 868. The molecule has 2 aromatic rings. The van der Waals surface area contributed by atoms with Crippen LogP contribution in [0.1, 0.15) is 5.56 Å². The van der Waals surface area contributed by atoms with Crippen molar-refractivity contribution in [2.24, 2.45) is 0 Å². The molecule has 0 saturated carbocycles. The maximum atomic E-state index is 12.2. The van der Waals surface area contributed by atoms with Crippen LogP contribution < -0.4 is 5.32 Å². The van der Waals surface area contributed by atoms with Gasteiger partial charge in [0.15, 0.2) is 0 Å². The molecule has 6 nitrogen and oxygen atoms in total. The van der Waals surface area contributed by atoms with Crippen molar-refractivity contribution in [1.82, 2.24) is 0 Å². The lowest BCUT2D eigenvalue weighted by Gasteiger charge is -2.08. The van der Waals surface area contributed by atoms with Gasteiger partial charge in [-0.2, -0.15) is 5.26 Å². The van der Waals surface area contributed by atoms with E-state index in [0.29, 0.717) is 0 Å². The minimum absolute atomic E-state index is 0.138. The van der Waals surface area contributed by atoms with E-state index in [1.807, 2.05) is 0 Å². The number of hydrogen-bond donors (Lipinski definition) is 1. The number of carbonyl (C=O) groups is 1. The number of nitriles is 1. The van der Waals surface area contributed by atoms with Crippen molar-refractivity contribution < 1.29 is 9.72 Å². The summed E-state index contributed by atoms with van der Waals surface area (Å²) < 4.78 is 0. The van der Waals surface area contributed by atoms with Gasteiger partial charge in [-0.05, 0) is 24.3 Å². The van der Waals surface area contributed by atoms with Gasteiger partial charge in [0.05, 0.1) is 26.2 Å². The van der Waals surface area contributed by atoms with Crippen LogP contribution in [0.5, 0.6) is 0 Å². The maximum Gasteiger partial charge on any atom is 0.276 e. The molecule has 0 spiro atoms. The van der Waals surface area contributed by atoms with Crippen LogP contribution in [0.15, 0.2) is 48.0 Å². The van der Waals surface area contributed by atoms with E-state index >= 15 is 0 Å². The Morgan fingerprint density at radius 2 is 1.79 bits per heavy atom. The average Bonchev–Trinajstić information content (AvgIpc) is 2.56. The normalized spacial score (nSPS) is 10.8. The van der Waals surface area contributed by atoms with Gasteiger partial charge in [-0.15, -0.1) is 0 Å². The molecule has 2 aromatic carbocycles. The van der Waals surface area contributed by atoms with Crippen LogP contribution in [0.3, 0.4) is 0 Å². The summed E-state index contributed by atoms with van der Waals surface area (Å²) in [6, 6.07) is 12.2. The summed E-state index contributed by atoms with van der Waals surface area (Å²) in [7, 11) is 0. The average molecular weight is 362 g/mol. The van der Waals surface area contributed by atoms with Crippen molar-refractivity contribution >= 4 is 46.6 Å². The number of nitro groups is 1. The first-order chi connectivity index (χ1) is 11.4. The number of anilines is 1. The Labute approximate surface area is 147 Å². The minimum Gasteiger partial charge on any atom is -0.319 e. The predicted molar refractivity (Wildman–Crippen MR) is 91.8 cm³/mol. The fourth-order valence-electron chi connectivity index (χ4n) is 1.88. The molecule has 0 aliphatic rings. The van der Waals surface area contributed by atoms with Gasteiger partial charge in [-0.1, -0.05) is 41.4 Å². The van der Waals surface area contributed by atoms with Crippen LogP contribution in [0, 0.1) is 21.4 Å². The second-order valence-electron chi connectivity index (χ2n) is 4.54. The largest absolute Gasteiger partial charge is 0.319 e. The molecular weight excluding hydrogens is 353 g/mol. The van der Waals surface area contributed by atoms with Crippen LogP contribution in [-0.4, -0.2) is 10.8 Å². The minimum atomic E-state index is -0.773. The summed E-state index contributed by atoms with van der Waals surface area (Å²) in [5.41, 5.74) is -0.233. The Morgan fingerprint density at radius 1 is 1.17 bits per heavy atom. The van der Waals surface area contributed by atoms with Gasteiger partial charge < -0.3 is 5.32 Å². The van der Waals surface area contributed by atoms with Gasteiger partial charge in [0, 0.05) is 6.07 Å². The maximum absolute atomic E-state index is 12.2. The molecule has 0 saturated heterocycles. The molecule has 1 N–H and O–H groups in total. The number of rotatable bonds is 4. The standard InChI is InChI=1S/C16H9Cl2N3O3/c17-12-5-3-6-13(18)15(12)20-16(22)11(9-19)8-10-4-1-2-7-14(10)21(23)24/h1-8H,(H,20,22)/b11-8+. The first-order valence-electron chi connectivity index (χ1n) is 6.54. The van der Waals surface area contributed by atoms with E-state index < -0.39 is 10.8 Å². The molecule has 0 bridgehead atoms. The second kappa shape index (κ2) is 7.59. The van der Waals surface area contributed by atoms with Gasteiger partial charge >= 0.3 is 0 Å². The quantitative estimate of drug-likeness (QED) is 0.376. The van der Waals surface area contributed by atoms with E-state index in [4.69, 9.17) is 23.2 Å². The summed E-state index contributed by atoms with van der Waals surface area (Å²) in [5.74, 6) is -0.773. The molecule has 0 aliphatic heterocycles. The lowest BCUT2D eigenvalue weighted by atomic mass is 10.1. The molecule has 0 aromatic heterocycles. The van der Waals surface area contributed by atoms with Gasteiger partial charge in [0.1, 0.15) is 11.6 Å². The number of amides is 1. The second-order valence-corrected chi connectivity index (χ2v) is 5.35. The van der Waals surface area contributed by atoms with Crippen LogP contribution in [0.2, 0.25) is 10.0 Å². The zero-order valence-corrected chi connectivity index (χ0v) is 13.5. The number of halogens is 2. The molecule has 0 aliphatic carbocycles. The third kappa shape index (κ3) is 3.90. The summed E-state index contributed by atoms with van der Waals surface area (Å²) in [5, 5.41) is 23.0. The van der Waals surface area contributed by atoms with Crippen LogP contribution in [-0.2, 0) is 4.79 Å². The number of nitrogens with zero attached hydrogens (tertiary/aromatic N) is 2. The van der Waals surface area contributed by atoms with Crippen molar-refractivity contribution in [3.63, 3.8) is 0 Å². The van der Waals surface area contributed by atoms with Crippen LogP contribution in [0.25, 0.3) is 6.08 Å². The van der Waals surface area contributed by atoms with Crippen molar-refractivity contribution in [2.75, 3.05) is 5.32 Å². The van der Waals surface area contributed by atoms with E-state index in [0.717, 1.165) is 6.08 Å². The summed E-state index contributed by atoms with van der Waals surface area (Å²) in [6.07, 6.45) is 1.14. The number of carbonyl (C=O) groups excluding carboxylic acids is 1. The number of nitrogens with one attached hydrogen (secondary N) is 1. The Kier molecular flexibility index (Phi) is 5.53. The van der Waals surface area contributed by atoms with Crippen molar-refractivity contribution in [3.05, 3.63) is 73.8 Å². The molecule has 0 heterocycles. The highest BCUT2D eigenvalue weighted by Gasteiger charge is 2.16. The molecule has 0 atom stereocenters. The fourth-order valence-corrected chi connectivity index (χ4v) is 2.37. The van der Waals surface area contributed by atoms with Gasteiger partial charge in [-0.25, -0.2) is 0 Å². The molecule has 1 amide bonds. The number of nitro benzene ring substituents is 1. The van der Waals surface area contributed by atoms with Crippen molar-refractivity contribution in [3.8, 4) is 6.07 Å². The molecular formula is C16H9Cl2N3O3. The lowest BCUT2D eigenvalue weighted by Crippen LogP contribution is -2.14. The van der Waals surface area contributed by atoms with E-state index in [1.54, 1.807) is 18.2 Å². The molecule has 120 valence electrons. The lowest BCUT2D eigenvalue weighted by molar-refractivity contribution is -0.385. The monoisotopic (exact) mass is 361 g/mol. The summed E-state index contributed by atoms with van der Waals surface area (Å²) in [6.45, 7) is 0. The zero-order valence-electron chi connectivity index (χ0n) is 12.0.